The molecule has 0 fully saturated rings. The maximum absolute atomic E-state index is 7.60. The molecule has 6 heteroatoms. The summed E-state index contributed by atoms with van der Waals surface area (Å²) in [6.07, 6.45) is 1.61. The number of nitrogens with one attached hydrogen (secondary N) is 1. The van der Waals surface area contributed by atoms with Gasteiger partial charge in [0, 0.05) is 5.69 Å². The maximum Gasteiger partial charge on any atom is 0.117 e. The zero-order valence-corrected chi connectivity index (χ0v) is 14.8. The monoisotopic (exact) mass is 374 g/mol. The zero-order chi connectivity index (χ0) is 16.7. The minimum absolute atomic E-state index is 0.477. The van der Waals surface area contributed by atoms with Gasteiger partial charge in [-0.3, -0.25) is 4.98 Å². The van der Waals surface area contributed by atoms with Crippen LogP contribution >= 0.6 is 15.9 Å². The molecule has 5 nitrogen and oxygen atoms in total. The van der Waals surface area contributed by atoms with Crippen molar-refractivity contribution in [2.45, 2.75) is 26.7 Å². The molecule has 0 amide bonds. The van der Waals surface area contributed by atoms with Gasteiger partial charge in [-0.15, -0.1) is 0 Å². The zero-order valence-electron chi connectivity index (χ0n) is 13.2. The van der Waals surface area contributed by atoms with E-state index >= 15 is 0 Å². The molecule has 0 aliphatic carbocycles. The summed E-state index contributed by atoms with van der Waals surface area (Å²) in [6, 6.07) is 11.4. The third-order valence-electron chi connectivity index (χ3n) is 3.15. The van der Waals surface area contributed by atoms with Crippen LogP contribution in [-0.2, 0) is 11.3 Å². The molecular weight excluding hydrogens is 356 g/mol. The van der Waals surface area contributed by atoms with Crippen LogP contribution in [-0.4, -0.2) is 28.0 Å². The second-order valence-electron chi connectivity index (χ2n) is 5.10. The van der Waals surface area contributed by atoms with Crippen LogP contribution < -0.4 is 0 Å². The van der Waals surface area contributed by atoms with Crippen LogP contribution in [0, 0.1) is 5.41 Å². The molecule has 0 aliphatic heterocycles. The smallest absolute Gasteiger partial charge is 0.117 e. The highest BCUT2D eigenvalue weighted by Crippen LogP contribution is 2.08. The van der Waals surface area contributed by atoms with E-state index in [1.807, 2.05) is 43.3 Å². The van der Waals surface area contributed by atoms with Crippen molar-refractivity contribution in [2.75, 3.05) is 6.61 Å². The van der Waals surface area contributed by atoms with E-state index in [1.165, 1.54) is 0 Å². The summed E-state index contributed by atoms with van der Waals surface area (Å²) in [5.74, 6) is 0. The van der Waals surface area contributed by atoms with Crippen molar-refractivity contribution in [2.24, 2.45) is 5.16 Å². The highest BCUT2D eigenvalue weighted by atomic mass is 79.9. The molecule has 0 bridgehead atoms. The van der Waals surface area contributed by atoms with Crippen molar-refractivity contribution in [3.63, 3.8) is 0 Å². The summed E-state index contributed by atoms with van der Waals surface area (Å²) in [5.41, 5.74) is 3.69. The van der Waals surface area contributed by atoms with Gasteiger partial charge in [-0.2, -0.15) is 0 Å². The van der Waals surface area contributed by atoms with Crippen molar-refractivity contribution in [1.82, 2.24) is 9.97 Å². The molecular formula is C17H19BrN4O. The Kier molecular flexibility index (Phi) is 6.40. The lowest BCUT2D eigenvalue weighted by molar-refractivity contribution is 0.141. The van der Waals surface area contributed by atoms with Crippen molar-refractivity contribution < 1.29 is 4.84 Å². The topological polar surface area (TPSA) is 71.2 Å². The maximum atomic E-state index is 7.60. The first kappa shape index (κ1) is 17.3. The quantitative estimate of drug-likeness (QED) is 0.344. The Labute approximate surface area is 144 Å². The highest BCUT2D eigenvalue weighted by Gasteiger charge is 2.02. The number of aryl methyl sites for hydroxylation is 1. The van der Waals surface area contributed by atoms with E-state index in [0.29, 0.717) is 12.3 Å². The van der Waals surface area contributed by atoms with E-state index in [4.69, 9.17) is 10.2 Å². The molecule has 2 aromatic rings. The van der Waals surface area contributed by atoms with Gasteiger partial charge in [0.05, 0.1) is 17.1 Å². The first-order valence-electron chi connectivity index (χ1n) is 7.37. The second-order valence-corrected chi connectivity index (χ2v) is 5.91. The molecule has 0 aromatic carbocycles. The number of aromatic nitrogens is 2. The number of halogens is 1. The molecule has 0 radical (unpaired) electrons. The molecule has 1 N–H and O–H groups in total. The first-order valence-corrected chi connectivity index (χ1v) is 8.16. The second kappa shape index (κ2) is 8.53. The Morgan fingerprint density at radius 1 is 1.13 bits per heavy atom. The van der Waals surface area contributed by atoms with E-state index in [-0.39, 0.29) is 0 Å². The molecule has 2 aromatic heterocycles. The predicted octanol–water partition coefficient (Wildman–Crippen LogP) is 4.00. The fraction of sp³-hybridized carbons (Fsp3) is 0.294. The summed E-state index contributed by atoms with van der Waals surface area (Å²) < 4.78 is 0.775. The Hall–Kier alpha value is -2.08. The summed E-state index contributed by atoms with van der Waals surface area (Å²) >= 11 is 3.34. The Morgan fingerprint density at radius 2 is 1.87 bits per heavy atom. The molecule has 2 heterocycles. The van der Waals surface area contributed by atoms with Crippen LogP contribution in [0.5, 0.6) is 0 Å². The molecule has 0 spiro atoms. The predicted molar refractivity (Wildman–Crippen MR) is 95.2 cm³/mol. The fourth-order valence-corrected chi connectivity index (χ4v) is 2.29. The van der Waals surface area contributed by atoms with Gasteiger partial charge in [-0.25, -0.2) is 4.98 Å². The molecule has 2 rings (SSSR count). The number of rotatable bonds is 7. The standard InChI is InChI=1S/C17H19BrN4O/c1-12(19)15-8-3-6-14(20-15)7-5-11-23-22-13(2)16-9-4-10-17(18)21-16/h3-4,6,8-10,19H,5,7,11H2,1-2H3/b19-12?,22-13+. The lowest BCUT2D eigenvalue weighted by Crippen LogP contribution is -2.03. The third-order valence-corrected chi connectivity index (χ3v) is 3.59. The highest BCUT2D eigenvalue weighted by molar-refractivity contribution is 9.10. The van der Waals surface area contributed by atoms with Crippen LogP contribution in [0.4, 0.5) is 0 Å². The first-order chi connectivity index (χ1) is 11.1. The Bertz CT molecular complexity index is 715. The molecule has 120 valence electrons. The number of oxime groups is 1. The summed E-state index contributed by atoms with van der Waals surface area (Å²) in [7, 11) is 0. The summed E-state index contributed by atoms with van der Waals surface area (Å²) in [4.78, 5) is 14.1. The Morgan fingerprint density at radius 3 is 2.61 bits per heavy atom. The average Bonchev–Trinajstić information content (AvgIpc) is 2.54. The lowest BCUT2D eigenvalue weighted by Gasteiger charge is -2.04. The summed E-state index contributed by atoms with van der Waals surface area (Å²) in [6.45, 7) is 4.12. The number of hydrogen-bond acceptors (Lipinski definition) is 5. The van der Waals surface area contributed by atoms with Crippen LogP contribution in [0.1, 0.15) is 37.4 Å². The van der Waals surface area contributed by atoms with Gasteiger partial charge in [-0.05, 0) is 66.9 Å². The molecule has 0 atom stereocenters. The Balaban J connectivity index is 1.80. The lowest BCUT2D eigenvalue weighted by atomic mass is 10.2. The SMILES string of the molecule is CC(=N)c1cccc(CCCO/N=C(\C)c2cccc(Br)n2)n1. The minimum atomic E-state index is 0.477. The summed E-state index contributed by atoms with van der Waals surface area (Å²) in [5, 5.41) is 11.7. The van der Waals surface area contributed by atoms with Crippen LogP contribution in [0.3, 0.4) is 0 Å². The van der Waals surface area contributed by atoms with Crippen molar-refractivity contribution in [3.8, 4) is 0 Å². The van der Waals surface area contributed by atoms with E-state index < -0.39 is 0 Å². The van der Waals surface area contributed by atoms with Crippen LogP contribution in [0.25, 0.3) is 0 Å². The van der Waals surface area contributed by atoms with Gasteiger partial charge in [0.1, 0.15) is 16.9 Å². The molecule has 23 heavy (non-hydrogen) atoms. The van der Waals surface area contributed by atoms with Gasteiger partial charge in [0.25, 0.3) is 0 Å². The molecule has 0 unspecified atom stereocenters. The van der Waals surface area contributed by atoms with Crippen LogP contribution in [0.2, 0.25) is 0 Å². The van der Waals surface area contributed by atoms with E-state index in [2.05, 4.69) is 31.1 Å². The number of nitrogens with zero attached hydrogens (tertiary/aromatic N) is 3. The average molecular weight is 375 g/mol. The van der Waals surface area contributed by atoms with Gasteiger partial charge >= 0.3 is 0 Å². The number of pyridine rings is 2. The largest absolute Gasteiger partial charge is 0.396 e. The molecule has 0 saturated heterocycles. The van der Waals surface area contributed by atoms with Crippen LogP contribution in [0.15, 0.2) is 46.2 Å². The van der Waals surface area contributed by atoms with Gasteiger partial charge < -0.3 is 10.2 Å². The molecule has 0 aliphatic rings. The van der Waals surface area contributed by atoms with Crippen molar-refractivity contribution in [1.29, 1.82) is 5.41 Å². The van der Waals surface area contributed by atoms with E-state index in [0.717, 1.165) is 40.2 Å². The van der Waals surface area contributed by atoms with Crippen molar-refractivity contribution >= 4 is 27.4 Å². The van der Waals surface area contributed by atoms with Gasteiger partial charge in [0.2, 0.25) is 0 Å². The van der Waals surface area contributed by atoms with E-state index in [9.17, 15) is 0 Å². The van der Waals surface area contributed by atoms with Gasteiger partial charge in [0.15, 0.2) is 0 Å². The van der Waals surface area contributed by atoms with Gasteiger partial charge in [-0.1, -0.05) is 17.3 Å². The normalized spacial score (nSPS) is 11.3. The molecule has 0 saturated carbocycles. The van der Waals surface area contributed by atoms with Crippen molar-refractivity contribution in [3.05, 3.63) is 58.1 Å². The van der Waals surface area contributed by atoms with E-state index in [1.54, 1.807) is 6.92 Å². The minimum Gasteiger partial charge on any atom is -0.396 e. The number of hydrogen-bond donors (Lipinski definition) is 1. The fourth-order valence-electron chi connectivity index (χ4n) is 1.94. The third kappa shape index (κ3) is 5.56.